The molecule has 23 heavy (non-hydrogen) atoms. The van der Waals surface area contributed by atoms with Crippen LogP contribution in [0.4, 0.5) is 0 Å². The number of hydrogen-bond acceptors (Lipinski definition) is 4. The highest BCUT2D eigenvalue weighted by molar-refractivity contribution is 5.76. The fourth-order valence-electron chi connectivity index (χ4n) is 2.13. The van der Waals surface area contributed by atoms with Crippen LogP contribution in [0.1, 0.15) is 12.1 Å². The number of para-hydroxylation sites is 2. The third-order valence-electron chi connectivity index (χ3n) is 3.50. The predicted molar refractivity (Wildman–Crippen MR) is 88.7 cm³/mol. The standard InChI is InChI=1S/C18H22N2O3/c1-20(13-10-15-7-5-6-12-19-15)18(21)11-14-23-17-9-4-3-8-16(17)22-2/h3-9,12H,10-11,13-14H2,1-2H3. The minimum absolute atomic E-state index is 0.0517. The van der Waals surface area contributed by atoms with E-state index >= 15 is 0 Å². The minimum atomic E-state index is 0.0517. The quantitative estimate of drug-likeness (QED) is 0.751. The Labute approximate surface area is 136 Å². The largest absolute Gasteiger partial charge is 0.493 e. The van der Waals surface area contributed by atoms with E-state index in [9.17, 15) is 4.79 Å². The van der Waals surface area contributed by atoms with E-state index in [1.54, 1.807) is 25.3 Å². The number of amides is 1. The minimum Gasteiger partial charge on any atom is -0.493 e. The Bertz CT molecular complexity index is 617. The van der Waals surface area contributed by atoms with Crippen LogP contribution in [0.3, 0.4) is 0 Å². The zero-order valence-corrected chi connectivity index (χ0v) is 13.6. The molecule has 0 N–H and O–H groups in total. The summed E-state index contributed by atoms with van der Waals surface area (Å²) >= 11 is 0. The van der Waals surface area contributed by atoms with Crippen LogP contribution in [0.15, 0.2) is 48.7 Å². The molecule has 0 saturated heterocycles. The third-order valence-corrected chi connectivity index (χ3v) is 3.50. The lowest BCUT2D eigenvalue weighted by molar-refractivity contribution is -0.130. The summed E-state index contributed by atoms with van der Waals surface area (Å²) in [6.45, 7) is 0.970. The van der Waals surface area contributed by atoms with Crippen molar-refractivity contribution in [3.63, 3.8) is 0 Å². The molecule has 0 atom stereocenters. The second-order valence-corrected chi connectivity index (χ2v) is 5.14. The molecule has 122 valence electrons. The average Bonchev–Trinajstić information content (AvgIpc) is 2.60. The van der Waals surface area contributed by atoms with Crippen LogP contribution in [0.2, 0.25) is 0 Å². The summed E-state index contributed by atoms with van der Waals surface area (Å²) in [6.07, 6.45) is 2.84. The summed E-state index contributed by atoms with van der Waals surface area (Å²) in [7, 11) is 3.40. The van der Waals surface area contributed by atoms with E-state index in [0.717, 1.165) is 12.1 Å². The van der Waals surface area contributed by atoms with Gasteiger partial charge >= 0.3 is 0 Å². The van der Waals surface area contributed by atoms with Gasteiger partial charge in [-0.2, -0.15) is 0 Å². The molecule has 0 spiro atoms. The van der Waals surface area contributed by atoms with Crippen molar-refractivity contribution >= 4 is 5.91 Å². The number of likely N-dealkylation sites (N-methyl/N-ethyl adjacent to an activating group) is 1. The first-order valence-electron chi connectivity index (χ1n) is 7.60. The number of ether oxygens (including phenoxy) is 2. The number of hydrogen-bond donors (Lipinski definition) is 0. The summed E-state index contributed by atoms with van der Waals surface area (Å²) in [4.78, 5) is 18.1. The number of rotatable bonds is 8. The van der Waals surface area contributed by atoms with Gasteiger partial charge in [0.15, 0.2) is 11.5 Å². The van der Waals surface area contributed by atoms with Gasteiger partial charge < -0.3 is 14.4 Å². The van der Waals surface area contributed by atoms with Crippen LogP contribution >= 0.6 is 0 Å². The van der Waals surface area contributed by atoms with E-state index < -0.39 is 0 Å². The lowest BCUT2D eigenvalue weighted by atomic mass is 10.2. The normalized spacial score (nSPS) is 10.2. The van der Waals surface area contributed by atoms with Crippen molar-refractivity contribution in [1.29, 1.82) is 0 Å². The topological polar surface area (TPSA) is 51.7 Å². The Kier molecular flexibility index (Phi) is 6.41. The van der Waals surface area contributed by atoms with Crippen molar-refractivity contribution in [3.05, 3.63) is 54.4 Å². The molecule has 1 aromatic carbocycles. The Hall–Kier alpha value is -2.56. The number of pyridine rings is 1. The number of benzene rings is 1. The van der Waals surface area contributed by atoms with E-state index in [1.807, 2.05) is 42.5 Å². The summed E-state index contributed by atoms with van der Waals surface area (Å²) in [5.74, 6) is 1.37. The van der Waals surface area contributed by atoms with Crippen molar-refractivity contribution < 1.29 is 14.3 Å². The van der Waals surface area contributed by atoms with Crippen LogP contribution < -0.4 is 9.47 Å². The van der Waals surface area contributed by atoms with Gasteiger partial charge in [0.25, 0.3) is 0 Å². The number of methoxy groups -OCH3 is 1. The van der Waals surface area contributed by atoms with Gasteiger partial charge in [-0.3, -0.25) is 9.78 Å². The van der Waals surface area contributed by atoms with Crippen LogP contribution in [0.5, 0.6) is 11.5 Å². The first kappa shape index (κ1) is 16.8. The molecule has 0 bridgehead atoms. The Morgan fingerprint density at radius 1 is 1.13 bits per heavy atom. The molecule has 5 heteroatoms. The molecular formula is C18H22N2O3. The van der Waals surface area contributed by atoms with E-state index in [-0.39, 0.29) is 5.91 Å². The second-order valence-electron chi connectivity index (χ2n) is 5.14. The Morgan fingerprint density at radius 2 is 1.87 bits per heavy atom. The van der Waals surface area contributed by atoms with Gasteiger partial charge in [0.1, 0.15) is 0 Å². The van der Waals surface area contributed by atoms with Gasteiger partial charge in [-0.05, 0) is 24.3 Å². The molecule has 1 aromatic heterocycles. The molecule has 0 aliphatic carbocycles. The molecule has 0 unspecified atom stereocenters. The maximum absolute atomic E-state index is 12.1. The Morgan fingerprint density at radius 3 is 2.57 bits per heavy atom. The smallest absolute Gasteiger partial charge is 0.225 e. The number of carbonyl (C=O) groups excluding carboxylic acids is 1. The van der Waals surface area contributed by atoms with Gasteiger partial charge in [0.05, 0.1) is 20.1 Å². The summed E-state index contributed by atoms with van der Waals surface area (Å²) in [6, 6.07) is 13.2. The Balaban J connectivity index is 1.73. The highest BCUT2D eigenvalue weighted by Crippen LogP contribution is 2.25. The van der Waals surface area contributed by atoms with Crippen LogP contribution in [0.25, 0.3) is 0 Å². The average molecular weight is 314 g/mol. The lowest BCUT2D eigenvalue weighted by Crippen LogP contribution is -2.30. The van der Waals surface area contributed by atoms with Crippen LogP contribution in [-0.2, 0) is 11.2 Å². The SMILES string of the molecule is COc1ccccc1OCCC(=O)N(C)CCc1ccccn1. The van der Waals surface area contributed by atoms with Gasteiger partial charge in [-0.15, -0.1) is 0 Å². The maximum atomic E-state index is 12.1. The number of aromatic nitrogens is 1. The van der Waals surface area contributed by atoms with Gasteiger partial charge in [0, 0.05) is 31.9 Å². The van der Waals surface area contributed by atoms with Crippen LogP contribution in [0, 0.1) is 0 Å². The summed E-state index contributed by atoms with van der Waals surface area (Å²) < 4.78 is 10.8. The maximum Gasteiger partial charge on any atom is 0.225 e. The third kappa shape index (κ3) is 5.29. The van der Waals surface area contributed by atoms with E-state index in [4.69, 9.17) is 9.47 Å². The van der Waals surface area contributed by atoms with Crippen molar-refractivity contribution in [1.82, 2.24) is 9.88 Å². The van der Waals surface area contributed by atoms with E-state index in [0.29, 0.717) is 31.1 Å². The first-order chi connectivity index (χ1) is 11.2. The summed E-state index contributed by atoms with van der Waals surface area (Å²) in [5, 5.41) is 0. The zero-order valence-electron chi connectivity index (χ0n) is 13.6. The van der Waals surface area contributed by atoms with Gasteiger partial charge in [0.2, 0.25) is 5.91 Å². The molecule has 1 amide bonds. The monoisotopic (exact) mass is 314 g/mol. The van der Waals surface area contributed by atoms with E-state index in [1.165, 1.54) is 0 Å². The van der Waals surface area contributed by atoms with Gasteiger partial charge in [-0.25, -0.2) is 0 Å². The molecule has 0 fully saturated rings. The molecule has 5 nitrogen and oxygen atoms in total. The highest BCUT2D eigenvalue weighted by Gasteiger charge is 2.10. The first-order valence-corrected chi connectivity index (χ1v) is 7.60. The van der Waals surface area contributed by atoms with Gasteiger partial charge in [-0.1, -0.05) is 18.2 Å². The molecule has 0 radical (unpaired) electrons. The summed E-state index contributed by atoms with van der Waals surface area (Å²) in [5.41, 5.74) is 0.984. The van der Waals surface area contributed by atoms with Crippen molar-refractivity contribution in [2.45, 2.75) is 12.8 Å². The fourth-order valence-corrected chi connectivity index (χ4v) is 2.13. The molecule has 2 rings (SSSR count). The predicted octanol–water partition coefficient (Wildman–Crippen LogP) is 2.56. The number of carbonyl (C=O) groups is 1. The molecular weight excluding hydrogens is 292 g/mol. The number of nitrogens with zero attached hydrogens (tertiary/aromatic N) is 2. The molecule has 2 aromatic rings. The van der Waals surface area contributed by atoms with Crippen molar-refractivity contribution in [3.8, 4) is 11.5 Å². The highest BCUT2D eigenvalue weighted by atomic mass is 16.5. The van der Waals surface area contributed by atoms with Crippen LogP contribution in [-0.4, -0.2) is 43.1 Å². The zero-order chi connectivity index (χ0) is 16.5. The fraction of sp³-hybridized carbons (Fsp3) is 0.333. The molecule has 1 heterocycles. The molecule has 0 aliphatic rings. The molecule has 0 aliphatic heterocycles. The molecule has 0 saturated carbocycles. The van der Waals surface area contributed by atoms with Crippen molar-refractivity contribution in [2.24, 2.45) is 0 Å². The second kappa shape index (κ2) is 8.78. The lowest BCUT2D eigenvalue weighted by Gasteiger charge is -2.17. The van der Waals surface area contributed by atoms with Crippen molar-refractivity contribution in [2.75, 3.05) is 27.3 Å². The van der Waals surface area contributed by atoms with E-state index in [2.05, 4.69) is 4.98 Å².